The maximum atomic E-state index is 9.73. The predicted octanol–water partition coefficient (Wildman–Crippen LogP) is 2.42. The first-order valence-corrected chi connectivity index (χ1v) is 5.25. The molecule has 78 valence electrons. The zero-order valence-electron chi connectivity index (χ0n) is 8.98. The van der Waals surface area contributed by atoms with Crippen LogP contribution in [-0.4, -0.2) is 16.2 Å². The molecule has 0 bridgehead atoms. The van der Waals surface area contributed by atoms with E-state index in [4.69, 9.17) is 0 Å². The Hall–Kier alpha value is -0.890. The topological polar surface area (TPSA) is 33.1 Å². The lowest BCUT2D eigenvalue weighted by Crippen LogP contribution is -2.11. The van der Waals surface area contributed by atoms with Crippen LogP contribution < -0.4 is 0 Å². The number of nitrogens with zero attached hydrogens (tertiary/aromatic N) is 1. The average molecular weight is 193 g/mol. The molecule has 0 aliphatic heterocycles. The second kappa shape index (κ2) is 5.76. The van der Waals surface area contributed by atoms with Crippen LogP contribution in [0.5, 0.6) is 0 Å². The fraction of sp³-hybridized carbons (Fsp3) is 0.583. The molecule has 1 aromatic heterocycles. The summed E-state index contributed by atoms with van der Waals surface area (Å²) >= 11 is 0. The van der Waals surface area contributed by atoms with E-state index in [2.05, 4.69) is 18.8 Å². The molecular weight excluding hydrogens is 174 g/mol. The quantitative estimate of drug-likeness (QED) is 0.779. The fourth-order valence-corrected chi connectivity index (χ4v) is 1.42. The molecule has 1 atom stereocenters. The third-order valence-corrected chi connectivity index (χ3v) is 2.30. The van der Waals surface area contributed by atoms with Crippen molar-refractivity contribution >= 4 is 0 Å². The molecule has 0 fully saturated rings. The van der Waals surface area contributed by atoms with Gasteiger partial charge in [-0.25, -0.2) is 0 Å². The van der Waals surface area contributed by atoms with Crippen molar-refractivity contribution in [3.63, 3.8) is 0 Å². The molecule has 1 N–H and O–H groups in total. The minimum absolute atomic E-state index is 0.209. The minimum Gasteiger partial charge on any atom is -0.393 e. The standard InChI is InChI=1S/C12H19NO/c1-10(2)3-4-12(14)9-11-5-7-13-8-6-11/h5-8,10,12,14H,3-4,9H2,1-2H3. The minimum atomic E-state index is -0.209. The van der Waals surface area contributed by atoms with Crippen LogP contribution in [0.2, 0.25) is 0 Å². The molecule has 0 saturated heterocycles. The molecule has 0 spiro atoms. The molecule has 14 heavy (non-hydrogen) atoms. The third kappa shape index (κ3) is 4.38. The van der Waals surface area contributed by atoms with Gasteiger partial charge in [0.2, 0.25) is 0 Å². The highest BCUT2D eigenvalue weighted by molar-refractivity contribution is 5.10. The van der Waals surface area contributed by atoms with Gasteiger partial charge < -0.3 is 5.11 Å². The van der Waals surface area contributed by atoms with Gasteiger partial charge >= 0.3 is 0 Å². The highest BCUT2D eigenvalue weighted by Crippen LogP contribution is 2.10. The van der Waals surface area contributed by atoms with Crippen LogP contribution in [0, 0.1) is 5.92 Å². The van der Waals surface area contributed by atoms with Gasteiger partial charge in [0.1, 0.15) is 0 Å². The Morgan fingerprint density at radius 1 is 1.21 bits per heavy atom. The molecule has 0 aromatic carbocycles. The zero-order valence-corrected chi connectivity index (χ0v) is 8.98. The second-order valence-electron chi connectivity index (χ2n) is 4.18. The van der Waals surface area contributed by atoms with E-state index in [0.29, 0.717) is 5.92 Å². The Balaban J connectivity index is 2.30. The van der Waals surface area contributed by atoms with Crippen molar-refractivity contribution in [1.29, 1.82) is 0 Å². The van der Waals surface area contributed by atoms with Crippen molar-refractivity contribution in [2.45, 2.75) is 39.2 Å². The Morgan fingerprint density at radius 2 is 1.86 bits per heavy atom. The monoisotopic (exact) mass is 193 g/mol. The number of hydrogen-bond acceptors (Lipinski definition) is 2. The fourth-order valence-electron chi connectivity index (χ4n) is 1.42. The van der Waals surface area contributed by atoms with Gasteiger partial charge in [-0.2, -0.15) is 0 Å². The van der Waals surface area contributed by atoms with E-state index in [1.54, 1.807) is 12.4 Å². The molecule has 1 rings (SSSR count). The molecule has 0 amide bonds. The largest absolute Gasteiger partial charge is 0.393 e. The SMILES string of the molecule is CC(C)CCC(O)Cc1ccncc1. The molecular formula is C12H19NO. The summed E-state index contributed by atoms with van der Waals surface area (Å²) in [4.78, 5) is 3.95. The zero-order chi connectivity index (χ0) is 10.4. The van der Waals surface area contributed by atoms with Crippen LogP contribution in [0.1, 0.15) is 32.3 Å². The van der Waals surface area contributed by atoms with Gasteiger partial charge in [0, 0.05) is 12.4 Å². The molecule has 1 unspecified atom stereocenters. The van der Waals surface area contributed by atoms with E-state index in [0.717, 1.165) is 24.8 Å². The van der Waals surface area contributed by atoms with E-state index in [1.807, 2.05) is 12.1 Å². The Labute approximate surface area is 86.0 Å². The van der Waals surface area contributed by atoms with E-state index < -0.39 is 0 Å². The van der Waals surface area contributed by atoms with Crippen LogP contribution >= 0.6 is 0 Å². The lowest BCUT2D eigenvalue weighted by atomic mass is 10.0. The molecule has 0 aliphatic rings. The van der Waals surface area contributed by atoms with Crippen molar-refractivity contribution in [3.05, 3.63) is 30.1 Å². The molecule has 2 heteroatoms. The summed E-state index contributed by atoms with van der Waals surface area (Å²) in [6, 6.07) is 3.91. The van der Waals surface area contributed by atoms with Crippen molar-refractivity contribution < 1.29 is 5.11 Å². The molecule has 0 aliphatic carbocycles. The average Bonchev–Trinajstić information content (AvgIpc) is 2.16. The van der Waals surface area contributed by atoms with Crippen molar-refractivity contribution in [2.75, 3.05) is 0 Å². The Bertz CT molecular complexity index is 246. The summed E-state index contributed by atoms with van der Waals surface area (Å²) in [6.07, 6.45) is 6.05. The van der Waals surface area contributed by atoms with Crippen molar-refractivity contribution in [1.82, 2.24) is 4.98 Å². The van der Waals surface area contributed by atoms with Crippen molar-refractivity contribution in [2.24, 2.45) is 5.92 Å². The van der Waals surface area contributed by atoms with Crippen LogP contribution in [0.25, 0.3) is 0 Å². The first kappa shape index (κ1) is 11.2. The van der Waals surface area contributed by atoms with E-state index in [1.165, 1.54) is 0 Å². The van der Waals surface area contributed by atoms with Gasteiger partial charge in [-0.15, -0.1) is 0 Å². The van der Waals surface area contributed by atoms with Gasteiger partial charge in [0.15, 0.2) is 0 Å². The summed E-state index contributed by atoms with van der Waals surface area (Å²) in [7, 11) is 0. The number of aromatic nitrogens is 1. The number of aliphatic hydroxyl groups excluding tert-OH is 1. The second-order valence-corrected chi connectivity index (χ2v) is 4.18. The first-order chi connectivity index (χ1) is 6.68. The van der Waals surface area contributed by atoms with Gasteiger partial charge in [0.25, 0.3) is 0 Å². The van der Waals surface area contributed by atoms with Gasteiger partial charge in [-0.05, 0) is 42.9 Å². The van der Waals surface area contributed by atoms with Gasteiger partial charge in [0.05, 0.1) is 6.10 Å². The molecule has 0 radical (unpaired) electrons. The van der Waals surface area contributed by atoms with Gasteiger partial charge in [-0.3, -0.25) is 4.98 Å². The summed E-state index contributed by atoms with van der Waals surface area (Å²) < 4.78 is 0. The lowest BCUT2D eigenvalue weighted by Gasteiger charge is -2.11. The number of aliphatic hydroxyl groups is 1. The van der Waals surface area contributed by atoms with E-state index in [-0.39, 0.29) is 6.10 Å². The Morgan fingerprint density at radius 3 is 2.43 bits per heavy atom. The van der Waals surface area contributed by atoms with Gasteiger partial charge in [-0.1, -0.05) is 13.8 Å². The summed E-state index contributed by atoms with van der Waals surface area (Å²) in [5, 5.41) is 9.73. The number of pyridine rings is 1. The lowest BCUT2D eigenvalue weighted by molar-refractivity contribution is 0.157. The first-order valence-electron chi connectivity index (χ1n) is 5.25. The molecule has 2 nitrogen and oxygen atoms in total. The van der Waals surface area contributed by atoms with Crippen LogP contribution in [-0.2, 0) is 6.42 Å². The summed E-state index contributed by atoms with van der Waals surface area (Å²) in [5.74, 6) is 0.669. The van der Waals surface area contributed by atoms with E-state index >= 15 is 0 Å². The normalized spacial score (nSPS) is 13.1. The third-order valence-electron chi connectivity index (χ3n) is 2.30. The molecule has 1 aromatic rings. The van der Waals surface area contributed by atoms with Crippen molar-refractivity contribution in [3.8, 4) is 0 Å². The molecule has 0 saturated carbocycles. The van der Waals surface area contributed by atoms with E-state index in [9.17, 15) is 5.11 Å². The maximum absolute atomic E-state index is 9.73. The molecule has 1 heterocycles. The number of rotatable bonds is 5. The Kier molecular flexibility index (Phi) is 4.60. The smallest absolute Gasteiger partial charge is 0.0580 e. The number of hydrogen-bond donors (Lipinski definition) is 1. The predicted molar refractivity (Wildman–Crippen MR) is 58.0 cm³/mol. The highest BCUT2D eigenvalue weighted by atomic mass is 16.3. The van der Waals surface area contributed by atoms with Crippen LogP contribution in [0.4, 0.5) is 0 Å². The van der Waals surface area contributed by atoms with Crippen LogP contribution in [0.3, 0.4) is 0 Å². The summed E-state index contributed by atoms with van der Waals surface area (Å²) in [6.45, 7) is 4.36. The maximum Gasteiger partial charge on any atom is 0.0580 e. The highest BCUT2D eigenvalue weighted by Gasteiger charge is 2.06. The van der Waals surface area contributed by atoms with Crippen LogP contribution in [0.15, 0.2) is 24.5 Å². The summed E-state index contributed by atoms with van der Waals surface area (Å²) in [5.41, 5.74) is 1.16.